The lowest BCUT2D eigenvalue weighted by Gasteiger charge is -2.19. The van der Waals surface area contributed by atoms with Crippen LogP contribution in [-0.2, 0) is 4.74 Å². The van der Waals surface area contributed by atoms with Gasteiger partial charge in [0.2, 0.25) is 28.4 Å². The normalized spacial score (nSPS) is 10.7. The van der Waals surface area contributed by atoms with Crippen molar-refractivity contribution < 1.29 is 43.1 Å². The SMILES string of the molecule is COCOc1c(OC)c(OC)c2oc(-c3ccc(O)c(OC)c3)c(O)c(=O)c2c1OC. The maximum atomic E-state index is 13.2. The Morgan fingerprint density at radius 3 is 2.13 bits per heavy atom. The van der Waals surface area contributed by atoms with E-state index in [1.54, 1.807) is 0 Å². The number of phenols is 1. The van der Waals surface area contributed by atoms with E-state index in [0.717, 1.165) is 0 Å². The summed E-state index contributed by atoms with van der Waals surface area (Å²) in [7, 11) is 6.87. The molecule has 1 heterocycles. The third-order valence-electron chi connectivity index (χ3n) is 4.52. The molecule has 31 heavy (non-hydrogen) atoms. The largest absolute Gasteiger partial charge is 0.504 e. The van der Waals surface area contributed by atoms with Crippen molar-refractivity contribution in [2.75, 3.05) is 42.3 Å². The summed E-state index contributed by atoms with van der Waals surface area (Å²) in [5.74, 6) is -0.655. The van der Waals surface area contributed by atoms with Gasteiger partial charge in [0.25, 0.3) is 0 Å². The van der Waals surface area contributed by atoms with Crippen molar-refractivity contribution in [2.24, 2.45) is 0 Å². The number of hydrogen-bond acceptors (Lipinski definition) is 10. The summed E-state index contributed by atoms with van der Waals surface area (Å²) >= 11 is 0. The van der Waals surface area contributed by atoms with E-state index in [1.165, 1.54) is 53.7 Å². The Bertz CT molecular complexity index is 1170. The first kappa shape index (κ1) is 21.9. The molecule has 0 bridgehead atoms. The molecule has 10 nitrogen and oxygen atoms in total. The standard InChI is InChI=1S/C21H22O10/c1-25-9-30-21-17(27-3)13-14(23)15(24)16(10-6-7-11(22)12(8-10)26-2)31-18(13)19(28-4)20(21)29-5/h6-8,22,24H,9H2,1-5H3. The molecule has 0 atom stereocenters. The molecule has 2 N–H and O–H groups in total. The van der Waals surface area contributed by atoms with Gasteiger partial charge in [0.15, 0.2) is 35.4 Å². The molecule has 0 saturated heterocycles. The van der Waals surface area contributed by atoms with Crippen molar-refractivity contribution >= 4 is 11.0 Å². The van der Waals surface area contributed by atoms with E-state index in [4.69, 9.17) is 32.8 Å². The zero-order chi connectivity index (χ0) is 22.7. The molecule has 0 fully saturated rings. The van der Waals surface area contributed by atoms with Crippen molar-refractivity contribution in [3.05, 3.63) is 28.4 Å². The number of aromatic hydroxyl groups is 2. The maximum Gasteiger partial charge on any atom is 0.239 e. The third-order valence-corrected chi connectivity index (χ3v) is 4.52. The second-order valence-corrected chi connectivity index (χ2v) is 6.18. The summed E-state index contributed by atoms with van der Waals surface area (Å²) in [5.41, 5.74) is -0.542. The topological polar surface area (TPSA) is 126 Å². The molecule has 2 aromatic carbocycles. The molecule has 0 saturated carbocycles. The van der Waals surface area contributed by atoms with E-state index >= 15 is 0 Å². The molecular weight excluding hydrogens is 412 g/mol. The van der Waals surface area contributed by atoms with Gasteiger partial charge in [-0.3, -0.25) is 4.79 Å². The second kappa shape index (κ2) is 8.92. The number of benzene rings is 2. The van der Waals surface area contributed by atoms with Crippen molar-refractivity contribution in [3.63, 3.8) is 0 Å². The Morgan fingerprint density at radius 2 is 1.55 bits per heavy atom. The van der Waals surface area contributed by atoms with E-state index in [-0.39, 0.29) is 63.6 Å². The number of phenolic OH excluding ortho intramolecular Hbond substituents is 1. The molecule has 166 valence electrons. The molecule has 1 aromatic heterocycles. The van der Waals surface area contributed by atoms with Crippen LogP contribution in [-0.4, -0.2) is 52.6 Å². The molecular formula is C21H22O10. The minimum atomic E-state index is -0.789. The van der Waals surface area contributed by atoms with Crippen LogP contribution in [0.4, 0.5) is 0 Å². The lowest BCUT2D eigenvalue weighted by atomic mass is 10.1. The molecule has 0 spiro atoms. The van der Waals surface area contributed by atoms with E-state index in [2.05, 4.69) is 0 Å². The van der Waals surface area contributed by atoms with E-state index in [9.17, 15) is 15.0 Å². The highest BCUT2D eigenvalue weighted by Crippen LogP contribution is 2.51. The van der Waals surface area contributed by atoms with Gasteiger partial charge in [-0.05, 0) is 18.2 Å². The number of ether oxygens (including phenoxy) is 6. The third kappa shape index (κ3) is 3.61. The highest BCUT2D eigenvalue weighted by molar-refractivity contribution is 5.96. The van der Waals surface area contributed by atoms with Gasteiger partial charge in [0.05, 0.1) is 28.4 Å². The van der Waals surface area contributed by atoms with Gasteiger partial charge in [-0.15, -0.1) is 0 Å². The summed E-state index contributed by atoms with van der Waals surface area (Å²) in [5, 5.41) is 20.4. The predicted octanol–water partition coefficient (Wildman–Crippen LogP) is 2.89. The van der Waals surface area contributed by atoms with Crippen LogP contribution in [0.25, 0.3) is 22.3 Å². The van der Waals surface area contributed by atoms with Crippen molar-refractivity contribution in [2.45, 2.75) is 0 Å². The summed E-state index contributed by atoms with van der Waals surface area (Å²) in [6, 6.07) is 4.22. The van der Waals surface area contributed by atoms with Gasteiger partial charge in [-0.2, -0.15) is 0 Å². The van der Waals surface area contributed by atoms with Gasteiger partial charge < -0.3 is 43.1 Å². The Labute approximate surface area is 177 Å². The molecule has 0 aliphatic rings. The first-order valence-electron chi connectivity index (χ1n) is 8.94. The molecule has 0 aliphatic heterocycles. The summed E-state index contributed by atoms with van der Waals surface area (Å²) < 4.78 is 37.7. The smallest absolute Gasteiger partial charge is 0.239 e. The average Bonchev–Trinajstić information content (AvgIpc) is 2.78. The molecule has 0 unspecified atom stereocenters. The first-order chi connectivity index (χ1) is 14.9. The van der Waals surface area contributed by atoms with Crippen LogP contribution in [0.5, 0.6) is 40.2 Å². The van der Waals surface area contributed by atoms with Gasteiger partial charge in [-0.25, -0.2) is 0 Å². The second-order valence-electron chi connectivity index (χ2n) is 6.18. The Kier molecular flexibility index (Phi) is 6.30. The highest BCUT2D eigenvalue weighted by Gasteiger charge is 2.30. The molecule has 0 radical (unpaired) electrons. The van der Waals surface area contributed by atoms with Crippen LogP contribution in [0.15, 0.2) is 27.4 Å². The van der Waals surface area contributed by atoms with Crippen molar-refractivity contribution in [3.8, 4) is 51.6 Å². The Hall–Kier alpha value is -3.79. The zero-order valence-electron chi connectivity index (χ0n) is 17.6. The number of methoxy groups -OCH3 is 5. The fraction of sp³-hybridized carbons (Fsp3) is 0.286. The fourth-order valence-corrected chi connectivity index (χ4v) is 3.14. The lowest BCUT2D eigenvalue weighted by molar-refractivity contribution is 0.0470. The molecule has 3 rings (SSSR count). The molecule has 0 aliphatic carbocycles. The predicted molar refractivity (Wildman–Crippen MR) is 110 cm³/mol. The van der Waals surface area contributed by atoms with Gasteiger partial charge in [0, 0.05) is 12.7 Å². The first-order valence-corrected chi connectivity index (χ1v) is 8.94. The molecule has 3 aromatic rings. The summed E-state index contributed by atoms with van der Waals surface area (Å²) in [6.07, 6.45) is 0. The van der Waals surface area contributed by atoms with Crippen LogP contribution >= 0.6 is 0 Å². The van der Waals surface area contributed by atoms with Crippen LogP contribution in [0.3, 0.4) is 0 Å². The van der Waals surface area contributed by atoms with Gasteiger partial charge in [-0.1, -0.05) is 0 Å². The minimum absolute atomic E-state index is 0.0245. The summed E-state index contributed by atoms with van der Waals surface area (Å²) in [4.78, 5) is 13.2. The number of hydrogen-bond donors (Lipinski definition) is 2. The highest BCUT2D eigenvalue weighted by atomic mass is 16.7. The molecule has 0 amide bonds. The van der Waals surface area contributed by atoms with E-state index in [0.29, 0.717) is 0 Å². The van der Waals surface area contributed by atoms with Crippen molar-refractivity contribution in [1.82, 2.24) is 0 Å². The number of rotatable bonds is 8. The zero-order valence-corrected chi connectivity index (χ0v) is 17.6. The van der Waals surface area contributed by atoms with Gasteiger partial charge in [0.1, 0.15) is 5.39 Å². The van der Waals surface area contributed by atoms with E-state index < -0.39 is 11.2 Å². The molecule has 10 heteroatoms. The monoisotopic (exact) mass is 434 g/mol. The van der Waals surface area contributed by atoms with E-state index in [1.807, 2.05) is 0 Å². The Balaban J connectivity index is 2.44. The van der Waals surface area contributed by atoms with Crippen LogP contribution in [0, 0.1) is 0 Å². The lowest BCUT2D eigenvalue weighted by Crippen LogP contribution is -2.10. The maximum absolute atomic E-state index is 13.2. The number of fused-ring (bicyclic) bond motifs is 1. The van der Waals surface area contributed by atoms with Crippen molar-refractivity contribution in [1.29, 1.82) is 0 Å². The van der Waals surface area contributed by atoms with Crippen LogP contribution < -0.4 is 29.1 Å². The van der Waals surface area contributed by atoms with Gasteiger partial charge >= 0.3 is 0 Å². The average molecular weight is 434 g/mol. The fourth-order valence-electron chi connectivity index (χ4n) is 3.14. The van der Waals surface area contributed by atoms with Crippen LogP contribution in [0.1, 0.15) is 0 Å². The quantitative estimate of drug-likeness (QED) is 0.511. The Morgan fingerprint density at radius 1 is 0.871 bits per heavy atom. The minimum Gasteiger partial charge on any atom is -0.504 e. The summed E-state index contributed by atoms with van der Waals surface area (Å²) in [6.45, 7) is -0.163. The van der Waals surface area contributed by atoms with Crippen LogP contribution in [0.2, 0.25) is 0 Å².